The van der Waals surface area contributed by atoms with Crippen molar-refractivity contribution in [2.24, 2.45) is 0 Å². The Balaban J connectivity index is 1.72. The molecule has 0 unspecified atom stereocenters. The number of rotatable bonds is 3. The molecule has 1 aromatic carbocycles. The first kappa shape index (κ1) is 16.0. The molecule has 6 nitrogen and oxygen atoms in total. The summed E-state index contributed by atoms with van der Waals surface area (Å²) < 4.78 is 31.5. The van der Waals surface area contributed by atoms with Crippen LogP contribution in [-0.2, 0) is 10.0 Å². The largest absolute Gasteiger partial charge is 0.472 e. The molecule has 122 valence electrons. The van der Waals surface area contributed by atoms with Crippen LogP contribution in [0.5, 0.6) is 0 Å². The third-order valence-corrected chi connectivity index (χ3v) is 6.15. The highest BCUT2D eigenvalue weighted by Crippen LogP contribution is 2.25. The molecule has 8 heteroatoms. The first-order valence-corrected chi connectivity index (χ1v) is 8.88. The minimum atomic E-state index is -3.65. The summed E-state index contributed by atoms with van der Waals surface area (Å²) in [5.74, 6) is -0.159. The van der Waals surface area contributed by atoms with E-state index in [0.29, 0.717) is 18.7 Å². The summed E-state index contributed by atoms with van der Waals surface area (Å²) >= 11 is 5.99. The second kappa shape index (κ2) is 6.35. The van der Waals surface area contributed by atoms with E-state index in [9.17, 15) is 13.2 Å². The van der Waals surface area contributed by atoms with Crippen molar-refractivity contribution in [2.75, 3.05) is 26.2 Å². The van der Waals surface area contributed by atoms with E-state index in [4.69, 9.17) is 16.0 Å². The highest BCUT2D eigenvalue weighted by atomic mass is 35.5. The van der Waals surface area contributed by atoms with Crippen molar-refractivity contribution in [2.45, 2.75) is 4.90 Å². The van der Waals surface area contributed by atoms with E-state index in [2.05, 4.69) is 0 Å². The minimum Gasteiger partial charge on any atom is -0.472 e. The lowest BCUT2D eigenvalue weighted by atomic mass is 10.2. The molecular weight excluding hydrogens is 340 g/mol. The number of sulfonamides is 1. The van der Waals surface area contributed by atoms with Crippen molar-refractivity contribution < 1.29 is 17.6 Å². The molecule has 0 atom stereocenters. The molecule has 1 saturated heterocycles. The quantitative estimate of drug-likeness (QED) is 0.846. The zero-order chi connectivity index (χ0) is 16.4. The van der Waals surface area contributed by atoms with Crippen LogP contribution in [0.2, 0.25) is 5.02 Å². The SMILES string of the molecule is O=C(c1ccoc1)N1CCN(S(=O)(=O)c2ccccc2Cl)CC1. The number of benzene rings is 1. The molecule has 1 fully saturated rings. The first-order chi connectivity index (χ1) is 11.0. The zero-order valence-corrected chi connectivity index (χ0v) is 13.8. The Morgan fingerprint density at radius 2 is 1.78 bits per heavy atom. The van der Waals surface area contributed by atoms with E-state index >= 15 is 0 Å². The van der Waals surface area contributed by atoms with Crippen LogP contribution >= 0.6 is 11.6 Å². The standard InChI is InChI=1S/C15H15ClN2O4S/c16-13-3-1-2-4-14(13)23(20,21)18-8-6-17(7-9-18)15(19)12-5-10-22-11-12/h1-5,10-11H,6-9H2. The maximum atomic E-state index is 12.6. The van der Waals surface area contributed by atoms with Crippen LogP contribution in [-0.4, -0.2) is 49.7 Å². The predicted molar refractivity (Wildman–Crippen MR) is 84.8 cm³/mol. The normalized spacial score (nSPS) is 16.5. The van der Waals surface area contributed by atoms with Crippen LogP contribution in [0.25, 0.3) is 0 Å². The fourth-order valence-corrected chi connectivity index (χ4v) is 4.41. The number of hydrogen-bond donors (Lipinski definition) is 0. The Hall–Kier alpha value is -1.83. The second-order valence-electron chi connectivity index (χ2n) is 5.14. The molecular formula is C15H15ClN2O4S. The van der Waals surface area contributed by atoms with E-state index in [-0.39, 0.29) is 28.9 Å². The van der Waals surface area contributed by atoms with Gasteiger partial charge in [-0.05, 0) is 18.2 Å². The van der Waals surface area contributed by atoms with Gasteiger partial charge in [-0.15, -0.1) is 0 Å². The zero-order valence-electron chi connectivity index (χ0n) is 12.2. The van der Waals surface area contributed by atoms with Crippen molar-refractivity contribution in [3.63, 3.8) is 0 Å². The van der Waals surface area contributed by atoms with Crippen LogP contribution in [0.3, 0.4) is 0 Å². The Kier molecular flexibility index (Phi) is 4.43. The summed E-state index contributed by atoms with van der Waals surface area (Å²) in [5.41, 5.74) is 0.465. The Bertz CT molecular complexity index is 797. The maximum Gasteiger partial charge on any atom is 0.257 e. The topological polar surface area (TPSA) is 70.8 Å². The van der Waals surface area contributed by atoms with Gasteiger partial charge in [-0.3, -0.25) is 4.79 Å². The van der Waals surface area contributed by atoms with Crippen LogP contribution in [0.1, 0.15) is 10.4 Å². The van der Waals surface area contributed by atoms with Crippen molar-refractivity contribution >= 4 is 27.5 Å². The van der Waals surface area contributed by atoms with E-state index in [1.807, 2.05) is 0 Å². The van der Waals surface area contributed by atoms with Gasteiger partial charge in [0.1, 0.15) is 11.2 Å². The van der Waals surface area contributed by atoms with Gasteiger partial charge in [-0.1, -0.05) is 23.7 Å². The van der Waals surface area contributed by atoms with Crippen LogP contribution < -0.4 is 0 Å². The molecule has 1 aliphatic heterocycles. The number of hydrogen-bond acceptors (Lipinski definition) is 4. The second-order valence-corrected chi connectivity index (χ2v) is 7.45. The molecule has 0 bridgehead atoms. The summed E-state index contributed by atoms with van der Waals surface area (Å²) in [6.45, 7) is 1.12. The Morgan fingerprint density at radius 1 is 1.09 bits per heavy atom. The molecule has 0 saturated carbocycles. The smallest absolute Gasteiger partial charge is 0.257 e. The van der Waals surface area contributed by atoms with Gasteiger partial charge < -0.3 is 9.32 Å². The average Bonchev–Trinajstić information content (AvgIpc) is 3.09. The molecule has 0 spiro atoms. The summed E-state index contributed by atoms with van der Waals surface area (Å²) in [7, 11) is -3.65. The first-order valence-electron chi connectivity index (χ1n) is 7.06. The lowest BCUT2D eigenvalue weighted by Crippen LogP contribution is -2.50. The van der Waals surface area contributed by atoms with Crippen molar-refractivity contribution in [1.29, 1.82) is 0 Å². The molecule has 23 heavy (non-hydrogen) atoms. The number of amides is 1. The highest BCUT2D eigenvalue weighted by Gasteiger charge is 2.31. The van der Waals surface area contributed by atoms with Gasteiger partial charge in [0.15, 0.2) is 0 Å². The van der Waals surface area contributed by atoms with Crippen molar-refractivity contribution in [3.05, 3.63) is 53.4 Å². The lowest BCUT2D eigenvalue weighted by molar-refractivity contribution is 0.0697. The third-order valence-electron chi connectivity index (χ3n) is 3.75. The van der Waals surface area contributed by atoms with Gasteiger partial charge in [0.25, 0.3) is 5.91 Å². The van der Waals surface area contributed by atoms with Gasteiger partial charge >= 0.3 is 0 Å². The Labute approximate surface area is 139 Å². The van der Waals surface area contributed by atoms with Crippen LogP contribution in [0.4, 0.5) is 0 Å². The van der Waals surface area contributed by atoms with Crippen LogP contribution in [0.15, 0.2) is 52.2 Å². The van der Waals surface area contributed by atoms with Gasteiger partial charge in [0, 0.05) is 26.2 Å². The highest BCUT2D eigenvalue weighted by molar-refractivity contribution is 7.89. The number of furan rings is 1. The number of carbonyl (C=O) groups is 1. The average molecular weight is 355 g/mol. The predicted octanol–water partition coefficient (Wildman–Crippen LogP) is 2.08. The summed E-state index contributed by atoms with van der Waals surface area (Å²) in [6.07, 6.45) is 2.82. The number of piperazine rings is 1. The molecule has 0 radical (unpaired) electrons. The van der Waals surface area contributed by atoms with Gasteiger partial charge in [-0.25, -0.2) is 8.42 Å². The minimum absolute atomic E-state index is 0.0938. The fourth-order valence-electron chi connectivity index (χ4n) is 2.49. The van der Waals surface area contributed by atoms with Gasteiger partial charge in [0.2, 0.25) is 10.0 Å². The number of carbonyl (C=O) groups excluding carboxylic acids is 1. The van der Waals surface area contributed by atoms with E-state index < -0.39 is 10.0 Å². The van der Waals surface area contributed by atoms with E-state index in [1.165, 1.54) is 22.9 Å². The monoisotopic (exact) mass is 354 g/mol. The molecule has 3 rings (SSSR count). The summed E-state index contributed by atoms with van der Waals surface area (Å²) in [4.78, 5) is 13.9. The number of halogens is 1. The molecule has 1 aliphatic rings. The fraction of sp³-hybridized carbons (Fsp3) is 0.267. The van der Waals surface area contributed by atoms with E-state index in [1.54, 1.807) is 29.2 Å². The molecule has 2 heterocycles. The third kappa shape index (κ3) is 3.12. The summed E-state index contributed by atoms with van der Waals surface area (Å²) in [6, 6.07) is 7.95. The molecule has 1 amide bonds. The Morgan fingerprint density at radius 3 is 2.39 bits per heavy atom. The molecule has 1 aromatic heterocycles. The number of nitrogens with zero attached hydrogens (tertiary/aromatic N) is 2. The van der Waals surface area contributed by atoms with E-state index in [0.717, 1.165) is 0 Å². The van der Waals surface area contributed by atoms with Gasteiger partial charge in [0.05, 0.1) is 16.8 Å². The lowest BCUT2D eigenvalue weighted by Gasteiger charge is -2.33. The van der Waals surface area contributed by atoms with Crippen molar-refractivity contribution in [3.8, 4) is 0 Å². The van der Waals surface area contributed by atoms with Crippen LogP contribution in [0, 0.1) is 0 Å². The molecule has 2 aromatic rings. The van der Waals surface area contributed by atoms with Crippen molar-refractivity contribution in [1.82, 2.24) is 9.21 Å². The molecule has 0 N–H and O–H groups in total. The summed E-state index contributed by atoms with van der Waals surface area (Å²) in [5, 5.41) is 0.199. The van der Waals surface area contributed by atoms with Gasteiger partial charge in [-0.2, -0.15) is 4.31 Å². The maximum absolute atomic E-state index is 12.6. The molecule has 0 aliphatic carbocycles.